The first-order chi connectivity index (χ1) is 9.45. The van der Waals surface area contributed by atoms with Gasteiger partial charge in [-0.05, 0) is 63.9 Å². The van der Waals surface area contributed by atoms with Gasteiger partial charge in [0.1, 0.15) is 5.82 Å². The molecule has 2 rings (SSSR count). The molecule has 0 bridgehead atoms. The van der Waals surface area contributed by atoms with Crippen LogP contribution in [0, 0.1) is 5.82 Å². The highest BCUT2D eigenvalue weighted by molar-refractivity contribution is 9.10. The molecule has 1 aromatic carbocycles. The van der Waals surface area contributed by atoms with Crippen molar-refractivity contribution in [3.8, 4) is 0 Å². The number of nitrogens with zero attached hydrogens (tertiary/aromatic N) is 1. The quantitative estimate of drug-likeness (QED) is 0.638. The third-order valence-electron chi connectivity index (χ3n) is 4.41. The number of rotatable bonds is 5. The zero-order valence-electron chi connectivity index (χ0n) is 12.1. The van der Waals surface area contributed by atoms with Crippen molar-refractivity contribution < 1.29 is 4.39 Å². The smallest absolute Gasteiger partial charge is 0.124 e. The van der Waals surface area contributed by atoms with Gasteiger partial charge in [-0.25, -0.2) is 4.39 Å². The number of halogens is 2. The van der Waals surface area contributed by atoms with Gasteiger partial charge in [-0.15, -0.1) is 0 Å². The molecule has 1 saturated heterocycles. The molecule has 0 saturated carbocycles. The van der Waals surface area contributed by atoms with Crippen molar-refractivity contribution in [2.45, 2.75) is 44.7 Å². The normalized spacial score (nSPS) is 18.4. The van der Waals surface area contributed by atoms with Crippen LogP contribution in [0.5, 0.6) is 0 Å². The van der Waals surface area contributed by atoms with Crippen LogP contribution in [-0.4, -0.2) is 29.6 Å². The Balaban J connectivity index is 2.15. The van der Waals surface area contributed by atoms with Crippen LogP contribution in [0.15, 0.2) is 22.7 Å². The minimum Gasteiger partial charge on any atom is -0.297 e. The summed E-state index contributed by atoms with van der Waals surface area (Å²) in [5.41, 5.74) is 4.00. The Kier molecular flexibility index (Phi) is 5.18. The van der Waals surface area contributed by atoms with Gasteiger partial charge in [0.25, 0.3) is 0 Å². The predicted molar refractivity (Wildman–Crippen MR) is 83.8 cm³/mol. The maximum Gasteiger partial charge on any atom is 0.124 e. The Morgan fingerprint density at radius 1 is 1.40 bits per heavy atom. The highest BCUT2D eigenvalue weighted by Crippen LogP contribution is 2.28. The van der Waals surface area contributed by atoms with Crippen LogP contribution in [0.4, 0.5) is 4.39 Å². The average Bonchev–Trinajstić information content (AvgIpc) is 2.92. The summed E-state index contributed by atoms with van der Waals surface area (Å²) in [6, 6.07) is 4.94. The van der Waals surface area contributed by atoms with Gasteiger partial charge < -0.3 is 0 Å². The first kappa shape index (κ1) is 15.9. The Bertz CT molecular complexity index is 458. The largest absolute Gasteiger partial charge is 0.297 e. The molecule has 1 aromatic rings. The second-order valence-corrected chi connectivity index (χ2v) is 6.86. The highest BCUT2D eigenvalue weighted by atomic mass is 79.9. The fraction of sp³-hybridized carbons (Fsp3) is 0.600. The van der Waals surface area contributed by atoms with Gasteiger partial charge in [-0.1, -0.05) is 22.0 Å². The molecule has 0 spiro atoms. The van der Waals surface area contributed by atoms with E-state index in [-0.39, 0.29) is 17.4 Å². The fourth-order valence-electron chi connectivity index (χ4n) is 2.93. The van der Waals surface area contributed by atoms with Crippen molar-refractivity contribution in [1.82, 2.24) is 10.3 Å². The minimum atomic E-state index is -0.225. The Morgan fingerprint density at radius 2 is 2.05 bits per heavy atom. The van der Waals surface area contributed by atoms with Gasteiger partial charge >= 0.3 is 0 Å². The molecule has 3 nitrogen and oxygen atoms in total. The fourth-order valence-corrected chi connectivity index (χ4v) is 3.45. The van der Waals surface area contributed by atoms with E-state index in [0.717, 1.165) is 29.5 Å². The number of hydrogen-bond acceptors (Lipinski definition) is 3. The lowest BCUT2D eigenvalue weighted by Gasteiger charge is -2.42. The van der Waals surface area contributed by atoms with Crippen molar-refractivity contribution in [2.24, 2.45) is 5.84 Å². The van der Waals surface area contributed by atoms with Crippen molar-refractivity contribution in [3.05, 3.63) is 34.1 Å². The topological polar surface area (TPSA) is 41.3 Å². The lowest BCUT2D eigenvalue weighted by Crippen LogP contribution is -2.59. The molecule has 1 fully saturated rings. The van der Waals surface area contributed by atoms with Crippen LogP contribution >= 0.6 is 15.9 Å². The monoisotopic (exact) mass is 343 g/mol. The number of likely N-dealkylation sites (tertiary alicyclic amines) is 1. The van der Waals surface area contributed by atoms with E-state index in [1.54, 1.807) is 0 Å². The first-order valence-electron chi connectivity index (χ1n) is 7.10. The average molecular weight is 344 g/mol. The molecule has 1 heterocycles. The maximum absolute atomic E-state index is 13.2. The standard InChI is InChI=1S/C15H23BrFN3/c1-15(2,20-7-3-4-8-20)14(19-18)9-11-5-6-12(17)10-13(11)16/h5-6,10,14,19H,3-4,7-9,18H2,1-2H3. The van der Waals surface area contributed by atoms with Crippen LogP contribution in [-0.2, 0) is 6.42 Å². The minimum absolute atomic E-state index is 0.0287. The molecule has 0 aliphatic carbocycles. The maximum atomic E-state index is 13.2. The van der Waals surface area contributed by atoms with Crippen LogP contribution in [0.1, 0.15) is 32.3 Å². The van der Waals surface area contributed by atoms with Gasteiger partial charge in [-0.2, -0.15) is 0 Å². The summed E-state index contributed by atoms with van der Waals surface area (Å²) in [4.78, 5) is 2.48. The molecule has 0 amide bonds. The zero-order valence-corrected chi connectivity index (χ0v) is 13.7. The van der Waals surface area contributed by atoms with Crippen LogP contribution in [0.2, 0.25) is 0 Å². The number of hydrazine groups is 1. The molecule has 1 aliphatic rings. The lowest BCUT2D eigenvalue weighted by atomic mass is 9.88. The Labute approximate surface area is 128 Å². The van der Waals surface area contributed by atoms with Gasteiger partial charge in [0.05, 0.1) is 0 Å². The number of benzene rings is 1. The van der Waals surface area contributed by atoms with E-state index in [1.165, 1.54) is 25.0 Å². The van der Waals surface area contributed by atoms with E-state index >= 15 is 0 Å². The molecular formula is C15H23BrFN3. The first-order valence-corrected chi connectivity index (χ1v) is 7.89. The SMILES string of the molecule is CC(C)(C(Cc1ccc(F)cc1Br)NN)N1CCCC1. The summed E-state index contributed by atoms with van der Waals surface area (Å²) in [6.45, 7) is 6.69. The molecule has 3 N–H and O–H groups in total. The third kappa shape index (κ3) is 3.39. The second kappa shape index (κ2) is 6.52. The lowest BCUT2D eigenvalue weighted by molar-refractivity contribution is 0.106. The summed E-state index contributed by atoms with van der Waals surface area (Å²) < 4.78 is 14.0. The summed E-state index contributed by atoms with van der Waals surface area (Å²) in [7, 11) is 0. The van der Waals surface area contributed by atoms with E-state index in [2.05, 4.69) is 40.1 Å². The van der Waals surface area contributed by atoms with Gasteiger partial charge in [0.15, 0.2) is 0 Å². The van der Waals surface area contributed by atoms with Gasteiger partial charge in [0, 0.05) is 16.1 Å². The summed E-state index contributed by atoms with van der Waals surface area (Å²) >= 11 is 3.43. The molecule has 1 atom stereocenters. The molecule has 1 unspecified atom stereocenters. The molecular weight excluding hydrogens is 321 g/mol. The van der Waals surface area contributed by atoms with E-state index < -0.39 is 0 Å². The molecule has 1 aliphatic heterocycles. The number of nitrogens with two attached hydrogens (primary N) is 1. The molecule has 20 heavy (non-hydrogen) atoms. The van der Waals surface area contributed by atoms with Crippen LogP contribution in [0.3, 0.4) is 0 Å². The van der Waals surface area contributed by atoms with Gasteiger partial charge in [0.2, 0.25) is 0 Å². The molecule has 5 heteroatoms. The summed E-state index contributed by atoms with van der Waals surface area (Å²) in [5.74, 6) is 5.56. The van der Waals surface area contributed by atoms with Crippen LogP contribution in [0.25, 0.3) is 0 Å². The van der Waals surface area contributed by atoms with Crippen molar-refractivity contribution in [1.29, 1.82) is 0 Å². The van der Waals surface area contributed by atoms with Gasteiger partial charge in [-0.3, -0.25) is 16.2 Å². The van der Waals surface area contributed by atoms with Crippen molar-refractivity contribution in [3.63, 3.8) is 0 Å². The van der Waals surface area contributed by atoms with E-state index in [0.29, 0.717) is 0 Å². The van der Waals surface area contributed by atoms with E-state index in [1.807, 2.05) is 6.07 Å². The summed E-state index contributed by atoms with van der Waals surface area (Å²) in [5, 5.41) is 0. The molecule has 112 valence electrons. The van der Waals surface area contributed by atoms with E-state index in [9.17, 15) is 4.39 Å². The van der Waals surface area contributed by atoms with Crippen molar-refractivity contribution in [2.75, 3.05) is 13.1 Å². The van der Waals surface area contributed by atoms with E-state index in [4.69, 9.17) is 5.84 Å². The predicted octanol–water partition coefficient (Wildman–Crippen LogP) is 2.84. The summed E-state index contributed by atoms with van der Waals surface area (Å²) in [6.07, 6.45) is 3.27. The van der Waals surface area contributed by atoms with Crippen LogP contribution < -0.4 is 11.3 Å². The Hall–Kier alpha value is -0.490. The molecule has 0 aromatic heterocycles. The number of nitrogens with one attached hydrogen (secondary N) is 1. The second-order valence-electron chi connectivity index (χ2n) is 6.01. The highest BCUT2D eigenvalue weighted by Gasteiger charge is 2.36. The Morgan fingerprint density at radius 3 is 2.60 bits per heavy atom. The third-order valence-corrected chi connectivity index (χ3v) is 5.15. The molecule has 0 radical (unpaired) electrons. The van der Waals surface area contributed by atoms with Crippen molar-refractivity contribution >= 4 is 15.9 Å². The zero-order chi connectivity index (χ0) is 14.8. The number of hydrogen-bond donors (Lipinski definition) is 2.